The summed E-state index contributed by atoms with van der Waals surface area (Å²) in [5.41, 5.74) is -0.693. The Kier molecular flexibility index (Phi) is 7.63. The highest BCUT2D eigenvalue weighted by Gasteiger charge is 2.37. The van der Waals surface area contributed by atoms with Gasteiger partial charge in [-0.25, -0.2) is 0 Å². The van der Waals surface area contributed by atoms with Gasteiger partial charge in [-0.1, -0.05) is 0 Å². The van der Waals surface area contributed by atoms with E-state index in [-0.39, 0.29) is 11.9 Å². The van der Waals surface area contributed by atoms with Gasteiger partial charge in [0.25, 0.3) is 0 Å². The predicted molar refractivity (Wildman–Crippen MR) is 82.1 cm³/mol. The fourth-order valence-corrected chi connectivity index (χ4v) is 2.92. The van der Waals surface area contributed by atoms with Crippen molar-refractivity contribution in [1.82, 2.24) is 4.90 Å². The van der Waals surface area contributed by atoms with Gasteiger partial charge in [0, 0.05) is 26.2 Å². The van der Waals surface area contributed by atoms with Crippen LogP contribution in [0.2, 0.25) is 0 Å². The van der Waals surface area contributed by atoms with E-state index in [4.69, 9.17) is 9.47 Å². The summed E-state index contributed by atoms with van der Waals surface area (Å²) >= 11 is 0. The number of carbonyl (C=O) groups excluding carboxylic acids is 1. The first kappa shape index (κ1) is 18.4. The van der Waals surface area contributed by atoms with Crippen LogP contribution in [-0.4, -0.2) is 61.0 Å². The molecule has 0 atom stereocenters. The van der Waals surface area contributed by atoms with Crippen LogP contribution >= 0.6 is 0 Å². The third-order valence-corrected chi connectivity index (χ3v) is 4.35. The third-order valence-electron chi connectivity index (χ3n) is 4.35. The number of hydrogen-bond donors (Lipinski definition) is 1. The Morgan fingerprint density at radius 1 is 1.38 bits per heavy atom. The van der Waals surface area contributed by atoms with E-state index in [0.29, 0.717) is 51.5 Å². The number of hydrogen-bond acceptors (Lipinski definition) is 5. The molecule has 1 N–H and O–H groups in total. The van der Waals surface area contributed by atoms with Gasteiger partial charge in [0.1, 0.15) is 0 Å². The molecule has 21 heavy (non-hydrogen) atoms. The zero-order chi connectivity index (χ0) is 15.9. The Morgan fingerprint density at radius 2 is 2.00 bits per heavy atom. The molecule has 1 fully saturated rings. The van der Waals surface area contributed by atoms with Gasteiger partial charge in [0.15, 0.2) is 0 Å². The number of rotatable bonds is 8. The van der Waals surface area contributed by atoms with Gasteiger partial charge >= 0.3 is 5.97 Å². The highest BCUT2D eigenvalue weighted by atomic mass is 16.5. The molecular weight excluding hydrogens is 270 g/mol. The fourth-order valence-electron chi connectivity index (χ4n) is 2.92. The molecule has 0 radical (unpaired) electrons. The Morgan fingerprint density at radius 3 is 2.48 bits per heavy atom. The zero-order valence-electron chi connectivity index (χ0n) is 13.9. The second-order valence-corrected chi connectivity index (χ2v) is 6.31. The Labute approximate surface area is 128 Å². The topological polar surface area (TPSA) is 59.0 Å². The van der Waals surface area contributed by atoms with Crippen molar-refractivity contribution >= 4 is 5.97 Å². The molecule has 0 heterocycles. The van der Waals surface area contributed by atoms with Crippen molar-refractivity contribution in [2.75, 3.05) is 33.4 Å². The summed E-state index contributed by atoms with van der Waals surface area (Å²) < 4.78 is 10.2. The quantitative estimate of drug-likeness (QED) is 0.693. The molecule has 0 bridgehead atoms. The van der Waals surface area contributed by atoms with E-state index in [1.807, 2.05) is 6.92 Å². The van der Waals surface area contributed by atoms with Crippen molar-refractivity contribution in [3.8, 4) is 0 Å². The standard InChI is InChI=1S/C16H31NO4/c1-5-21-15(18)14-6-8-16(19,9-7-14)12-17(13(2)3)10-11-20-4/h13-14,19H,5-12H2,1-4H3. The van der Waals surface area contributed by atoms with Crippen LogP contribution in [0.3, 0.4) is 0 Å². The average molecular weight is 301 g/mol. The Hall–Kier alpha value is -0.650. The molecule has 0 aliphatic heterocycles. The maximum absolute atomic E-state index is 11.8. The normalized spacial score (nSPS) is 26.3. The molecule has 0 aromatic rings. The smallest absolute Gasteiger partial charge is 0.308 e. The molecule has 1 saturated carbocycles. The van der Waals surface area contributed by atoms with E-state index < -0.39 is 5.60 Å². The summed E-state index contributed by atoms with van der Waals surface area (Å²) in [6.45, 7) is 8.64. The molecule has 0 unspecified atom stereocenters. The number of carbonyl (C=O) groups is 1. The number of aliphatic hydroxyl groups is 1. The highest BCUT2D eigenvalue weighted by Crippen LogP contribution is 2.33. The lowest BCUT2D eigenvalue weighted by Gasteiger charge is -2.40. The molecule has 1 aliphatic rings. The first-order chi connectivity index (χ1) is 9.91. The first-order valence-electron chi connectivity index (χ1n) is 8.04. The van der Waals surface area contributed by atoms with E-state index in [9.17, 15) is 9.90 Å². The lowest BCUT2D eigenvalue weighted by Crippen LogP contribution is -2.49. The third kappa shape index (κ3) is 5.93. The first-order valence-corrected chi connectivity index (χ1v) is 8.04. The van der Waals surface area contributed by atoms with E-state index >= 15 is 0 Å². The molecule has 0 aromatic heterocycles. The van der Waals surface area contributed by atoms with Crippen molar-refractivity contribution in [2.45, 2.75) is 58.1 Å². The minimum absolute atomic E-state index is 0.0447. The minimum Gasteiger partial charge on any atom is -0.466 e. The molecule has 1 aliphatic carbocycles. The fraction of sp³-hybridized carbons (Fsp3) is 0.938. The molecule has 0 spiro atoms. The average Bonchev–Trinajstić information content (AvgIpc) is 2.44. The number of ether oxygens (including phenoxy) is 2. The predicted octanol–water partition coefficient (Wildman–Crippen LogP) is 1.83. The van der Waals surface area contributed by atoms with Gasteiger partial charge in [-0.3, -0.25) is 9.69 Å². The van der Waals surface area contributed by atoms with Crippen molar-refractivity contribution in [2.24, 2.45) is 5.92 Å². The maximum atomic E-state index is 11.8. The van der Waals surface area contributed by atoms with Gasteiger partial charge < -0.3 is 14.6 Å². The lowest BCUT2D eigenvalue weighted by molar-refractivity contribution is -0.151. The molecule has 124 valence electrons. The second kappa shape index (κ2) is 8.71. The van der Waals surface area contributed by atoms with E-state index in [0.717, 1.165) is 6.54 Å². The monoisotopic (exact) mass is 301 g/mol. The number of methoxy groups -OCH3 is 1. The molecule has 0 aromatic carbocycles. The lowest BCUT2D eigenvalue weighted by atomic mass is 9.78. The molecule has 0 saturated heterocycles. The van der Waals surface area contributed by atoms with E-state index in [1.54, 1.807) is 7.11 Å². The summed E-state index contributed by atoms with van der Waals surface area (Å²) in [5.74, 6) is -0.156. The number of esters is 1. The summed E-state index contributed by atoms with van der Waals surface area (Å²) in [7, 11) is 1.69. The number of nitrogens with zero attached hydrogens (tertiary/aromatic N) is 1. The molecular formula is C16H31NO4. The van der Waals surface area contributed by atoms with Crippen molar-refractivity contribution < 1.29 is 19.4 Å². The molecule has 5 nitrogen and oxygen atoms in total. The summed E-state index contributed by atoms with van der Waals surface area (Å²) in [4.78, 5) is 14.0. The van der Waals surface area contributed by atoms with Crippen LogP contribution < -0.4 is 0 Å². The van der Waals surface area contributed by atoms with Gasteiger partial charge in [-0.05, 0) is 46.5 Å². The van der Waals surface area contributed by atoms with Crippen LogP contribution in [-0.2, 0) is 14.3 Å². The van der Waals surface area contributed by atoms with Crippen LogP contribution in [0.1, 0.15) is 46.5 Å². The van der Waals surface area contributed by atoms with Crippen molar-refractivity contribution in [3.05, 3.63) is 0 Å². The van der Waals surface area contributed by atoms with Crippen LogP contribution in [0.4, 0.5) is 0 Å². The van der Waals surface area contributed by atoms with Gasteiger partial charge in [-0.2, -0.15) is 0 Å². The van der Waals surface area contributed by atoms with Crippen LogP contribution in [0, 0.1) is 5.92 Å². The van der Waals surface area contributed by atoms with Crippen molar-refractivity contribution in [3.63, 3.8) is 0 Å². The summed E-state index contributed by atoms with van der Waals surface area (Å²) in [5, 5.41) is 10.8. The van der Waals surface area contributed by atoms with Crippen LogP contribution in [0.15, 0.2) is 0 Å². The molecule has 1 rings (SSSR count). The zero-order valence-corrected chi connectivity index (χ0v) is 13.9. The van der Waals surface area contributed by atoms with Gasteiger partial charge in [0.05, 0.1) is 24.7 Å². The van der Waals surface area contributed by atoms with Crippen LogP contribution in [0.5, 0.6) is 0 Å². The van der Waals surface area contributed by atoms with Crippen LogP contribution in [0.25, 0.3) is 0 Å². The summed E-state index contributed by atoms with van der Waals surface area (Å²) in [6.07, 6.45) is 2.75. The Bertz CT molecular complexity index is 311. The van der Waals surface area contributed by atoms with Crippen molar-refractivity contribution in [1.29, 1.82) is 0 Å². The maximum Gasteiger partial charge on any atom is 0.308 e. The van der Waals surface area contributed by atoms with Gasteiger partial charge in [-0.15, -0.1) is 0 Å². The molecule has 5 heteroatoms. The van der Waals surface area contributed by atoms with E-state index in [1.165, 1.54) is 0 Å². The molecule has 0 amide bonds. The Balaban J connectivity index is 2.50. The van der Waals surface area contributed by atoms with Gasteiger partial charge in [0.2, 0.25) is 0 Å². The minimum atomic E-state index is -0.693. The second-order valence-electron chi connectivity index (χ2n) is 6.31. The highest BCUT2D eigenvalue weighted by molar-refractivity contribution is 5.72. The SMILES string of the molecule is CCOC(=O)C1CCC(O)(CN(CCOC)C(C)C)CC1. The summed E-state index contributed by atoms with van der Waals surface area (Å²) in [6, 6.07) is 0.368. The largest absolute Gasteiger partial charge is 0.466 e. The van der Waals surface area contributed by atoms with E-state index in [2.05, 4.69) is 18.7 Å².